The van der Waals surface area contributed by atoms with Crippen LogP contribution >= 0.6 is 0 Å². The van der Waals surface area contributed by atoms with Gasteiger partial charge in [0.05, 0.1) is 0 Å². The maximum atomic E-state index is 8.57. The first-order valence-electron chi connectivity index (χ1n) is 4.06. The lowest BCUT2D eigenvalue weighted by molar-refractivity contribution is 0.230. The van der Waals surface area contributed by atoms with Crippen molar-refractivity contribution in [3.05, 3.63) is 0 Å². The van der Waals surface area contributed by atoms with Crippen molar-refractivity contribution in [1.82, 2.24) is 0 Å². The second kappa shape index (κ2) is 7.03. The third-order valence-electron chi connectivity index (χ3n) is 1.73. The summed E-state index contributed by atoms with van der Waals surface area (Å²) in [6, 6.07) is 0. The molecule has 0 aromatic carbocycles. The lowest BCUT2D eigenvalue weighted by Crippen LogP contribution is -1.97. The van der Waals surface area contributed by atoms with E-state index in [0.717, 1.165) is 0 Å². The molecular weight excluding hydrogens is 128 g/mol. The van der Waals surface area contributed by atoms with E-state index in [-0.39, 0.29) is 6.61 Å². The van der Waals surface area contributed by atoms with E-state index in [1.807, 2.05) is 0 Å². The largest absolute Gasteiger partial charge is 0.397 e. The van der Waals surface area contributed by atoms with Crippen LogP contribution in [0, 0.1) is 5.92 Å². The highest BCUT2D eigenvalue weighted by Gasteiger charge is 2.12. The van der Waals surface area contributed by atoms with E-state index in [1.165, 1.54) is 25.7 Å². The molecule has 1 aliphatic carbocycles. The molecule has 10 heavy (non-hydrogen) atoms. The predicted molar refractivity (Wildman–Crippen MR) is 41.8 cm³/mol. The Morgan fingerprint density at radius 2 is 1.60 bits per heavy atom. The number of aliphatic hydroxyl groups is 2. The molecule has 0 radical (unpaired) electrons. The Kier molecular flexibility index (Phi) is 6.98. The molecular formula is C8H18O2. The van der Waals surface area contributed by atoms with Gasteiger partial charge in [0.25, 0.3) is 0 Å². The maximum absolute atomic E-state index is 8.57. The zero-order valence-electron chi connectivity index (χ0n) is 6.71. The van der Waals surface area contributed by atoms with Crippen LogP contribution < -0.4 is 0 Å². The van der Waals surface area contributed by atoms with Gasteiger partial charge in [-0.3, -0.25) is 0 Å². The van der Waals surface area contributed by atoms with Gasteiger partial charge in [0.15, 0.2) is 0 Å². The molecule has 0 spiro atoms. The predicted octanol–water partition coefficient (Wildman–Crippen LogP) is 1.17. The number of rotatable bonds is 1. The van der Waals surface area contributed by atoms with Crippen molar-refractivity contribution in [1.29, 1.82) is 0 Å². The summed E-state index contributed by atoms with van der Waals surface area (Å²) in [7, 11) is 0. The first-order valence-corrected chi connectivity index (χ1v) is 4.06. The highest BCUT2D eigenvalue weighted by Crippen LogP contribution is 2.23. The van der Waals surface area contributed by atoms with E-state index in [1.54, 1.807) is 6.92 Å². The van der Waals surface area contributed by atoms with Gasteiger partial charge in [-0.15, -0.1) is 0 Å². The van der Waals surface area contributed by atoms with Crippen LogP contribution in [0.25, 0.3) is 0 Å². The minimum absolute atomic E-state index is 0.250. The number of hydrogen-bond donors (Lipinski definition) is 2. The van der Waals surface area contributed by atoms with E-state index in [0.29, 0.717) is 12.5 Å². The van der Waals surface area contributed by atoms with Crippen LogP contribution in [0.5, 0.6) is 0 Å². The monoisotopic (exact) mass is 146 g/mol. The van der Waals surface area contributed by atoms with Gasteiger partial charge in [0.2, 0.25) is 0 Å². The van der Waals surface area contributed by atoms with Crippen LogP contribution in [0.4, 0.5) is 0 Å². The molecule has 0 aliphatic heterocycles. The van der Waals surface area contributed by atoms with E-state index in [4.69, 9.17) is 10.2 Å². The minimum atomic E-state index is 0.250. The highest BCUT2D eigenvalue weighted by atomic mass is 16.3. The molecule has 2 heteroatoms. The van der Waals surface area contributed by atoms with Crippen LogP contribution in [0.15, 0.2) is 0 Å². The van der Waals surface area contributed by atoms with Gasteiger partial charge in [-0.2, -0.15) is 0 Å². The lowest BCUT2D eigenvalue weighted by atomic mass is 10.1. The second-order valence-corrected chi connectivity index (χ2v) is 2.65. The fourth-order valence-corrected chi connectivity index (χ4v) is 1.19. The van der Waals surface area contributed by atoms with Crippen LogP contribution in [0.1, 0.15) is 32.6 Å². The van der Waals surface area contributed by atoms with Crippen molar-refractivity contribution >= 4 is 0 Å². The van der Waals surface area contributed by atoms with Gasteiger partial charge >= 0.3 is 0 Å². The topological polar surface area (TPSA) is 40.5 Å². The summed E-state index contributed by atoms with van der Waals surface area (Å²) in [5, 5.41) is 16.1. The third kappa shape index (κ3) is 4.77. The smallest absolute Gasteiger partial charge is 0.0459 e. The SMILES string of the molecule is CCO.OCC1CCCC1. The zero-order valence-corrected chi connectivity index (χ0v) is 6.71. The Hall–Kier alpha value is -0.0800. The summed E-state index contributed by atoms with van der Waals surface area (Å²) in [5.74, 6) is 0.653. The molecule has 0 saturated heterocycles. The Morgan fingerprint density at radius 1 is 1.20 bits per heavy atom. The van der Waals surface area contributed by atoms with Gasteiger partial charge in [-0.05, 0) is 25.7 Å². The van der Waals surface area contributed by atoms with Crippen LogP contribution in [-0.4, -0.2) is 23.4 Å². The van der Waals surface area contributed by atoms with Crippen molar-refractivity contribution in [3.8, 4) is 0 Å². The van der Waals surface area contributed by atoms with Gasteiger partial charge in [-0.1, -0.05) is 12.8 Å². The summed E-state index contributed by atoms with van der Waals surface area (Å²) in [5.41, 5.74) is 0. The van der Waals surface area contributed by atoms with Crippen molar-refractivity contribution < 1.29 is 10.2 Å². The molecule has 0 amide bonds. The van der Waals surface area contributed by atoms with Gasteiger partial charge in [-0.25, -0.2) is 0 Å². The maximum Gasteiger partial charge on any atom is 0.0459 e. The number of aliphatic hydroxyl groups excluding tert-OH is 2. The summed E-state index contributed by atoms with van der Waals surface area (Å²) in [4.78, 5) is 0. The molecule has 1 fully saturated rings. The van der Waals surface area contributed by atoms with Gasteiger partial charge in [0, 0.05) is 13.2 Å². The summed E-state index contributed by atoms with van der Waals surface area (Å²) in [6.45, 7) is 2.35. The first-order chi connectivity index (χ1) is 4.85. The zero-order chi connectivity index (χ0) is 7.82. The third-order valence-corrected chi connectivity index (χ3v) is 1.73. The highest BCUT2D eigenvalue weighted by molar-refractivity contribution is 4.64. The molecule has 0 aromatic heterocycles. The molecule has 2 N–H and O–H groups in total. The Bertz CT molecular complexity index is 58.3. The average molecular weight is 146 g/mol. The fourth-order valence-electron chi connectivity index (χ4n) is 1.19. The van der Waals surface area contributed by atoms with Crippen molar-refractivity contribution in [3.63, 3.8) is 0 Å². The van der Waals surface area contributed by atoms with Gasteiger partial charge in [0.1, 0.15) is 0 Å². The summed E-state index contributed by atoms with van der Waals surface area (Å²) >= 11 is 0. The molecule has 0 atom stereocenters. The average Bonchev–Trinajstić information content (AvgIpc) is 2.39. The summed E-state index contributed by atoms with van der Waals surface area (Å²) in [6.07, 6.45) is 5.20. The molecule has 1 aliphatic rings. The first kappa shape index (κ1) is 9.92. The molecule has 2 nitrogen and oxygen atoms in total. The number of hydrogen-bond acceptors (Lipinski definition) is 2. The van der Waals surface area contributed by atoms with E-state index in [2.05, 4.69) is 0 Å². The molecule has 0 unspecified atom stereocenters. The molecule has 1 saturated carbocycles. The van der Waals surface area contributed by atoms with Crippen LogP contribution in [0.2, 0.25) is 0 Å². The molecule has 0 heterocycles. The molecule has 62 valence electrons. The van der Waals surface area contributed by atoms with Crippen LogP contribution in [-0.2, 0) is 0 Å². The second-order valence-electron chi connectivity index (χ2n) is 2.65. The van der Waals surface area contributed by atoms with Crippen molar-refractivity contribution in [2.75, 3.05) is 13.2 Å². The van der Waals surface area contributed by atoms with Crippen molar-refractivity contribution in [2.24, 2.45) is 5.92 Å². The fraction of sp³-hybridized carbons (Fsp3) is 1.00. The quantitative estimate of drug-likeness (QED) is 0.583. The standard InChI is InChI=1S/C6H12O.C2H6O/c7-5-6-3-1-2-4-6;1-2-3/h6-7H,1-5H2;3H,2H2,1H3. The van der Waals surface area contributed by atoms with Crippen LogP contribution in [0.3, 0.4) is 0 Å². The lowest BCUT2D eigenvalue weighted by Gasteiger charge is -1.98. The Morgan fingerprint density at radius 3 is 1.80 bits per heavy atom. The van der Waals surface area contributed by atoms with E-state index in [9.17, 15) is 0 Å². The normalized spacial score (nSPS) is 18.3. The summed E-state index contributed by atoms with van der Waals surface area (Å²) < 4.78 is 0. The molecule has 0 aromatic rings. The molecule has 1 rings (SSSR count). The Balaban J connectivity index is 0.000000236. The molecule has 0 bridgehead atoms. The van der Waals surface area contributed by atoms with E-state index >= 15 is 0 Å². The van der Waals surface area contributed by atoms with E-state index < -0.39 is 0 Å². The minimum Gasteiger partial charge on any atom is -0.397 e. The van der Waals surface area contributed by atoms with Gasteiger partial charge < -0.3 is 10.2 Å². The Labute approximate surface area is 62.9 Å². The van der Waals surface area contributed by atoms with Crippen molar-refractivity contribution in [2.45, 2.75) is 32.6 Å².